The first-order chi connectivity index (χ1) is 6.52. The number of carbonyl (C=O) groups excluding carboxylic acids is 1. The molecule has 0 radical (unpaired) electrons. The number of rotatable bonds is 3. The predicted molar refractivity (Wildman–Crippen MR) is 40.9 cm³/mol. The Morgan fingerprint density at radius 2 is 2.14 bits per heavy atom. The van der Waals surface area contributed by atoms with Gasteiger partial charge in [0.2, 0.25) is 0 Å². The first-order valence-electron chi connectivity index (χ1n) is 3.84. The number of benzene rings is 1. The molecule has 0 amide bonds. The van der Waals surface area contributed by atoms with Crippen molar-refractivity contribution in [3.63, 3.8) is 0 Å². The van der Waals surface area contributed by atoms with E-state index < -0.39 is 30.1 Å². The summed E-state index contributed by atoms with van der Waals surface area (Å²) in [6, 6.07) is 3.18. The van der Waals surface area contributed by atoms with Crippen molar-refractivity contribution in [3.8, 4) is 0 Å². The lowest BCUT2D eigenvalue weighted by Gasteiger charge is -2.12. The minimum absolute atomic E-state index is 0.380. The molecule has 0 spiro atoms. The van der Waals surface area contributed by atoms with Crippen LogP contribution < -0.4 is 5.11 Å². The van der Waals surface area contributed by atoms with Crippen LogP contribution >= 0.6 is 0 Å². The lowest BCUT2D eigenvalue weighted by Crippen LogP contribution is -2.24. The standard InChI is InChI=1S/C9H8F2O3/c10-6-3-1-2-5(9(6)11)7(12)4-8(13)14/h1-3,7,12H,4H2,(H,13,14)/p-1. The summed E-state index contributed by atoms with van der Waals surface area (Å²) >= 11 is 0. The van der Waals surface area contributed by atoms with Gasteiger partial charge in [-0.05, 0) is 6.07 Å². The van der Waals surface area contributed by atoms with E-state index in [1.807, 2.05) is 0 Å². The zero-order valence-electron chi connectivity index (χ0n) is 7.04. The van der Waals surface area contributed by atoms with E-state index in [1.165, 1.54) is 6.07 Å². The van der Waals surface area contributed by atoms with Crippen molar-refractivity contribution >= 4 is 5.97 Å². The third-order valence-electron chi connectivity index (χ3n) is 1.70. The highest BCUT2D eigenvalue weighted by atomic mass is 19.2. The van der Waals surface area contributed by atoms with Gasteiger partial charge >= 0.3 is 0 Å². The second kappa shape index (κ2) is 4.15. The van der Waals surface area contributed by atoms with Crippen molar-refractivity contribution in [2.45, 2.75) is 12.5 Å². The monoisotopic (exact) mass is 201 g/mol. The minimum atomic E-state index is -1.59. The molecule has 0 saturated heterocycles. The number of aliphatic carboxylic acids is 1. The maximum Gasteiger partial charge on any atom is 0.164 e. The number of carbonyl (C=O) groups is 1. The minimum Gasteiger partial charge on any atom is -0.550 e. The van der Waals surface area contributed by atoms with Gasteiger partial charge in [-0.15, -0.1) is 0 Å². The summed E-state index contributed by atoms with van der Waals surface area (Å²) in [6.07, 6.45) is -2.35. The lowest BCUT2D eigenvalue weighted by molar-refractivity contribution is -0.307. The molecule has 0 aliphatic heterocycles. The van der Waals surface area contributed by atoms with E-state index >= 15 is 0 Å². The Kier molecular flexibility index (Phi) is 3.14. The molecule has 0 aliphatic rings. The Morgan fingerprint density at radius 3 is 2.71 bits per heavy atom. The van der Waals surface area contributed by atoms with Gasteiger partial charge < -0.3 is 15.0 Å². The highest BCUT2D eigenvalue weighted by Crippen LogP contribution is 2.21. The van der Waals surface area contributed by atoms with Crippen LogP contribution in [0.15, 0.2) is 18.2 Å². The quantitative estimate of drug-likeness (QED) is 0.756. The van der Waals surface area contributed by atoms with Crippen LogP contribution in [0, 0.1) is 11.6 Å². The maximum atomic E-state index is 13.0. The highest BCUT2D eigenvalue weighted by Gasteiger charge is 2.15. The Morgan fingerprint density at radius 1 is 1.50 bits per heavy atom. The molecule has 3 nitrogen and oxygen atoms in total. The van der Waals surface area contributed by atoms with Crippen molar-refractivity contribution in [2.24, 2.45) is 0 Å². The third kappa shape index (κ3) is 2.26. The summed E-state index contributed by atoms with van der Waals surface area (Å²) in [5.41, 5.74) is -0.380. The summed E-state index contributed by atoms with van der Waals surface area (Å²) in [5.74, 6) is -3.89. The molecule has 1 aromatic rings. The second-order valence-electron chi connectivity index (χ2n) is 2.73. The van der Waals surface area contributed by atoms with Crippen molar-refractivity contribution in [1.82, 2.24) is 0 Å². The Labute approximate surface area is 78.6 Å². The molecule has 0 heterocycles. The Balaban J connectivity index is 2.95. The SMILES string of the molecule is O=C([O-])CC(O)c1cccc(F)c1F. The van der Waals surface area contributed by atoms with Gasteiger partial charge in [-0.1, -0.05) is 12.1 Å². The molecule has 1 unspecified atom stereocenters. The van der Waals surface area contributed by atoms with E-state index in [0.29, 0.717) is 0 Å². The van der Waals surface area contributed by atoms with Crippen LogP contribution in [0.2, 0.25) is 0 Å². The van der Waals surface area contributed by atoms with Crippen molar-refractivity contribution in [1.29, 1.82) is 0 Å². The second-order valence-corrected chi connectivity index (χ2v) is 2.73. The molecule has 0 fully saturated rings. The van der Waals surface area contributed by atoms with Gasteiger partial charge in [-0.3, -0.25) is 0 Å². The summed E-state index contributed by atoms with van der Waals surface area (Å²) in [5, 5.41) is 19.3. The van der Waals surface area contributed by atoms with Gasteiger partial charge in [0.25, 0.3) is 0 Å². The highest BCUT2D eigenvalue weighted by molar-refractivity contribution is 5.65. The summed E-state index contributed by atoms with van der Waals surface area (Å²) in [7, 11) is 0. The molecule has 0 bridgehead atoms. The Hall–Kier alpha value is -1.49. The summed E-state index contributed by atoms with van der Waals surface area (Å²) < 4.78 is 25.6. The van der Waals surface area contributed by atoms with E-state index in [0.717, 1.165) is 12.1 Å². The van der Waals surface area contributed by atoms with Gasteiger partial charge in [-0.2, -0.15) is 0 Å². The van der Waals surface area contributed by atoms with Crippen LogP contribution in [0.1, 0.15) is 18.1 Å². The van der Waals surface area contributed by atoms with E-state index in [1.54, 1.807) is 0 Å². The van der Waals surface area contributed by atoms with Gasteiger partial charge in [0.05, 0.1) is 6.10 Å². The predicted octanol–water partition coefficient (Wildman–Crippen LogP) is 0.138. The average molecular weight is 201 g/mol. The summed E-state index contributed by atoms with van der Waals surface area (Å²) in [4.78, 5) is 10.1. The van der Waals surface area contributed by atoms with Gasteiger partial charge in [0.1, 0.15) is 0 Å². The number of hydrogen-bond acceptors (Lipinski definition) is 3. The lowest BCUT2D eigenvalue weighted by atomic mass is 10.1. The molecule has 5 heteroatoms. The number of hydrogen-bond donors (Lipinski definition) is 1. The molecule has 0 saturated carbocycles. The van der Waals surface area contributed by atoms with Gasteiger partial charge in [0, 0.05) is 18.0 Å². The molecule has 1 atom stereocenters. The third-order valence-corrected chi connectivity index (χ3v) is 1.70. The number of carboxylic acids is 1. The molecule has 1 aromatic carbocycles. The number of aliphatic hydroxyl groups is 1. The molecule has 0 aliphatic carbocycles. The molecule has 14 heavy (non-hydrogen) atoms. The number of aliphatic hydroxyl groups excluding tert-OH is 1. The molecule has 1 rings (SSSR count). The first-order valence-corrected chi connectivity index (χ1v) is 3.84. The van der Waals surface area contributed by atoms with Crippen molar-refractivity contribution in [3.05, 3.63) is 35.4 Å². The molecule has 76 valence electrons. The van der Waals surface area contributed by atoms with E-state index in [2.05, 4.69) is 0 Å². The van der Waals surface area contributed by atoms with Crippen LogP contribution in [0.5, 0.6) is 0 Å². The normalized spacial score (nSPS) is 12.5. The maximum absolute atomic E-state index is 13.0. The Bertz CT molecular complexity index is 352. The van der Waals surface area contributed by atoms with Crippen LogP contribution in [0.3, 0.4) is 0 Å². The number of halogens is 2. The van der Waals surface area contributed by atoms with Crippen LogP contribution in [-0.2, 0) is 4.79 Å². The first kappa shape index (κ1) is 10.6. The molecule has 1 N–H and O–H groups in total. The fourth-order valence-corrected chi connectivity index (χ4v) is 1.05. The fraction of sp³-hybridized carbons (Fsp3) is 0.222. The fourth-order valence-electron chi connectivity index (χ4n) is 1.05. The van der Waals surface area contributed by atoms with Crippen molar-refractivity contribution in [2.75, 3.05) is 0 Å². The molecular weight excluding hydrogens is 194 g/mol. The topological polar surface area (TPSA) is 60.4 Å². The molecule has 0 aromatic heterocycles. The van der Waals surface area contributed by atoms with Crippen molar-refractivity contribution < 1.29 is 23.8 Å². The van der Waals surface area contributed by atoms with Gasteiger partial charge in [0.15, 0.2) is 11.6 Å². The van der Waals surface area contributed by atoms with Crippen LogP contribution in [0.4, 0.5) is 8.78 Å². The number of carboxylic acid groups (broad SMARTS) is 1. The zero-order valence-corrected chi connectivity index (χ0v) is 7.04. The van der Waals surface area contributed by atoms with E-state index in [9.17, 15) is 18.7 Å². The average Bonchev–Trinajstić information content (AvgIpc) is 2.08. The zero-order chi connectivity index (χ0) is 10.7. The van der Waals surface area contributed by atoms with Crippen LogP contribution in [0.25, 0.3) is 0 Å². The smallest absolute Gasteiger partial charge is 0.164 e. The largest absolute Gasteiger partial charge is 0.550 e. The van der Waals surface area contributed by atoms with Gasteiger partial charge in [-0.25, -0.2) is 8.78 Å². The van der Waals surface area contributed by atoms with E-state index in [-0.39, 0.29) is 5.56 Å². The van der Waals surface area contributed by atoms with E-state index in [4.69, 9.17) is 5.11 Å². The molecular formula is C9H7F2O3-. The summed E-state index contributed by atoms with van der Waals surface area (Å²) in [6.45, 7) is 0. The van der Waals surface area contributed by atoms with Crippen LogP contribution in [-0.4, -0.2) is 11.1 Å².